The third-order valence-corrected chi connectivity index (χ3v) is 7.25. The van der Waals surface area contributed by atoms with Gasteiger partial charge in [-0.05, 0) is 83.6 Å². The van der Waals surface area contributed by atoms with Gasteiger partial charge in [0.15, 0.2) is 0 Å². The predicted octanol–water partition coefficient (Wildman–Crippen LogP) is 6.79. The summed E-state index contributed by atoms with van der Waals surface area (Å²) in [6, 6.07) is 11.6. The predicted molar refractivity (Wildman–Crippen MR) is 145 cm³/mol. The minimum atomic E-state index is -4.48. The van der Waals surface area contributed by atoms with E-state index in [0.29, 0.717) is 47.7 Å². The summed E-state index contributed by atoms with van der Waals surface area (Å²) in [6.07, 6.45) is 0.289. The number of alkyl halides is 3. The molecule has 1 atom stereocenters. The molecule has 0 saturated heterocycles. The first-order valence-electron chi connectivity index (χ1n) is 12.4. The molecule has 0 N–H and O–H groups in total. The van der Waals surface area contributed by atoms with Crippen LogP contribution < -0.4 is 9.80 Å². The Morgan fingerprint density at radius 2 is 1.74 bits per heavy atom. The first-order chi connectivity index (χ1) is 18.6. The molecular formula is C27H26Cl2F3N7. The Bertz CT molecular complexity index is 1440. The fraction of sp³-hybridized carbons (Fsp3) is 0.333. The zero-order valence-electron chi connectivity index (χ0n) is 21.3. The molecule has 4 aromatic rings. The molecule has 204 valence electrons. The lowest BCUT2D eigenvalue weighted by molar-refractivity contribution is -0.138. The first-order valence-corrected chi connectivity index (χ1v) is 13.2. The topological polar surface area (TPSA) is 63.0 Å². The summed E-state index contributed by atoms with van der Waals surface area (Å²) in [5, 5.41) is 13.7. The molecule has 0 fully saturated rings. The van der Waals surface area contributed by atoms with Crippen molar-refractivity contribution >= 4 is 34.8 Å². The Kier molecular flexibility index (Phi) is 7.68. The normalized spacial score (nSPS) is 15.7. The van der Waals surface area contributed by atoms with Crippen molar-refractivity contribution in [2.45, 2.75) is 45.1 Å². The fourth-order valence-corrected chi connectivity index (χ4v) is 5.69. The van der Waals surface area contributed by atoms with Crippen LogP contribution in [-0.4, -0.2) is 31.7 Å². The minimum absolute atomic E-state index is 0.162. The number of pyridine rings is 1. The highest BCUT2D eigenvalue weighted by Crippen LogP contribution is 2.44. The molecule has 3 heterocycles. The Morgan fingerprint density at radius 3 is 2.38 bits per heavy atom. The lowest BCUT2D eigenvalue weighted by atomic mass is 9.94. The van der Waals surface area contributed by atoms with Crippen LogP contribution in [0, 0.1) is 6.92 Å². The maximum atomic E-state index is 14.1. The number of rotatable bonds is 6. The lowest BCUT2D eigenvalue weighted by Crippen LogP contribution is -2.30. The molecular weight excluding hydrogens is 550 g/mol. The van der Waals surface area contributed by atoms with E-state index in [0.717, 1.165) is 23.1 Å². The van der Waals surface area contributed by atoms with Gasteiger partial charge in [0.2, 0.25) is 0 Å². The molecule has 7 nitrogen and oxygen atoms in total. The van der Waals surface area contributed by atoms with Crippen molar-refractivity contribution in [2.24, 2.45) is 7.05 Å². The molecule has 2 aromatic heterocycles. The number of aromatic nitrogens is 5. The van der Waals surface area contributed by atoms with E-state index < -0.39 is 11.7 Å². The second kappa shape index (κ2) is 11.0. The molecule has 0 aliphatic carbocycles. The third-order valence-electron chi connectivity index (χ3n) is 6.81. The average molecular weight is 576 g/mol. The molecule has 0 saturated carbocycles. The monoisotopic (exact) mass is 575 g/mol. The average Bonchev–Trinajstić information content (AvgIpc) is 3.22. The number of hydrogen-bond acceptors (Lipinski definition) is 6. The van der Waals surface area contributed by atoms with Gasteiger partial charge >= 0.3 is 6.18 Å². The lowest BCUT2D eigenvalue weighted by Gasteiger charge is -2.33. The van der Waals surface area contributed by atoms with Crippen LogP contribution in [0.25, 0.3) is 0 Å². The number of halogens is 5. The van der Waals surface area contributed by atoms with E-state index in [-0.39, 0.29) is 11.6 Å². The Morgan fingerprint density at radius 1 is 1.03 bits per heavy atom. The summed E-state index contributed by atoms with van der Waals surface area (Å²) in [4.78, 5) is 9.41. The standard InChI is InChI=1S/C27H26Cl2F3N7/c1-17-10-22-24(39(26-34-36-37(2)35-26)16-19-11-20(28)13-21(29)12-19)4-3-9-38(15-18-5-7-33-8-6-18)25(22)14-23(17)27(30,31)32/h5-8,10-14,24H,3-4,9,15-16H2,1-2H3/t24-/m0/s1. The van der Waals surface area contributed by atoms with Crippen LogP contribution in [0.15, 0.2) is 54.9 Å². The number of hydrogen-bond donors (Lipinski definition) is 0. The maximum Gasteiger partial charge on any atom is 0.416 e. The molecule has 1 aliphatic rings. The summed E-state index contributed by atoms with van der Waals surface area (Å²) in [6.45, 7) is 2.87. The van der Waals surface area contributed by atoms with Gasteiger partial charge in [0.25, 0.3) is 5.95 Å². The second-order valence-electron chi connectivity index (χ2n) is 9.64. The highest BCUT2D eigenvalue weighted by atomic mass is 35.5. The highest BCUT2D eigenvalue weighted by Gasteiger charge is 2.37. The van der Waals surface area contributed by atoms with E-state index in [1.54, 1.807) is 31.6 Å². The molecule has 0 bridgehead atoms. The van der Waals surface area contributed by atoms with Crippen molar-refractivity contribution in [3.63, 3.8) is 0 Å². The minimum Gasteiger partial charge on any atom is -0.367 e. The van der Waals surface area contributed by atoms with Gasteiger partial charge in [0.1, 0.15) is 0 Å². The van der Waals surface area contributed by atoms with Crippen molar-refractivity contribution in [3.05, 3.63) is 92.7 Å². The second-order valence-corrected chi connectivity index (χ2v) is 10.5. The van der Waals surface area contributed by atoms with Gasteiger partial charge in [-0.2, -0.15) is 18.0 Å². The summed E-state index contributed by atoms with van der Waals surface area (Å²) >= 11 is 12.6. The van der Waals surface area contributed by atoms with Crippen LogP contribution in [0.5, 0.6) is 0 Å². The van der Waals surface area contributed by atoms with Crippen LogP contribution in [0.3, 0.4) is 0 Å². The van der Waals surface area contributed by atoms with Gasteiger partial charge < -0.3 is 9.80 Å². The molecule has 12 heteroatoms. The zero-order valence-corrected chi connectivity index (χ0v) is 22.8. The number of nitrogens with zero attached hydrogens (tertiary/aromatic N) is 7. The Labute approximate surface area is 234 Å². The largest absolute Gasteiger partial charge is 0.416 e. The van der Waals surface area contributed by atoms with Gasteiger partial charge in [-0.25, -0.2) is 0 Å². The summed E-state index contributed by atoms with van der Waals surface area (Å²) < 4.78 is 42.2. The summed E-state index contributed by atoms with van der Waals surface area (Å²) in [7, 11) is 1.67. The molecule has 2 aromatic carbocycles. The van der Waals surface area contributed by atoms with Gasteiger partial charge in [0.05, 0.1) is 18.7 Å². The van der Waals surface area contributed by atoms with Crippen molar-refractivity contribution in [3.8, 4) is 0 Å². The molecule has 0 amide bonds. The van der Waals surface area contributed by atoms with Crippen molar-refractivity contribution < 1.29 is 13.2 Å². The van der Waals surface area contributed by atoms with Crippen LogP contribution in [0.1, 0.15) is 46.7 Å². The van der Waals surface area contributed by atoms with Crippen molar-refractivity contribution in [2.75, 3.05) is 16.3 Å². The van der Waals surface area contributed by atoms with Crippen molar-refractivity contribution in [1.82, 2.24) is 25.2 Å². The number of tetrazole rings is 1. The number of aryl methyl sites for hydroxylation is 2. The third kappa shape index (κ3) is 6.12. The molecule has 0 unspecified atom stereocenters. The fourth-order valence-electron chi connectivity index (χ4n) is 5.12. The number of benzene rings is 2. The quantitative estimate of drug-likeness (QED) is 0.252. The summed E-state index contributed by atoms with van der Waals surface area (Å²) in [5.41, 5.74) is 2.60. The number of fused-ring (bicyclic) bond motifs is 1. The Balaban J connectivity index is 1.64. The van der Waals surface area contributed by atoms with E-state index in [1.165, 1.54) is 17.8 Å². The zero-order chi connectivity index (χ0) is 27.7. The first kappa shape index (κ1) is 27.2. The smallest absolute Gasteiger partial charge is 0.367 e. The van der Waals surface area contributed by atoms with Gasteiger partial charge in [-0.1, -0.05) is 34.4 Å². The molecule has 39 heavy (non-hydrogen) atoms. The van der Waals surface area contributed by atoms with E-state index in [4.69, 9.17) is 23.2 Å². The van der Waals surface area contributed by atoms with Crippen molar-refractivity contribution in [1.29, 1.82) is 0 Å². The van der Waals surface area contributed by atoms with Crippen LogP contribution in [0.4, 0.5) is 24.8 Å². The molecule has 0 spiro atoms. The van der Waals surface area contributed by atoms with Gasteiger partial charge in [0, 0.05) is 47.8 Å². The molecule has 5 rings (SSSR count). The maximum absolute atomic E-state index is 14.1. The Hall–Kier alpha value is -3.37. The van der Waals surface area contributed by atoms with Crippen LogP contribution in [0.2, 0.25) is 10.0 Å². The van der Waals surface area contributed by atoms with Crippen LogP contribution >= 0.6 is 23.2 Å². The van der Waals surface area contributed by atoms with E-state index in [1.807, 2.05) is 34.1 Å². The van der Waals surface area contributed by atoms with Crippen LogP contribution in [-0.2, 0) is 26.3 Å². The van der Waals surface area contributed by atoms with E-state index in [2.05, 4.69) is 20.4 Å². The summed E-state index contributed by atoms with van der Waals surface area (Å²) in [5.74, 6) is 0.365. The highest BCUT2D eigenvalue weighted by molar-refractivity contribution is 6.34. The SMILES string of the molecule is Cc1cc2c(cc1C(F)(F)F)N(Cc1ccncc1)CCC[C@@H]2N(Cc1cc(Cl)cc(Cl)c1)c1nnn(C)n1. The molecule has 0 radical (unpaired) electrons. The van der Waals surface area contributed by atoms with E-state index in [9.17, 15) is 13.2 Å². The molecule has 1 aliphatic heterocycles. The van der Waals surface area contributed by atoms with Gasteiger partial charge in [-0.15, -0.1) is 5.10 Å². The van der Waals surface area contributed by atoms with Gasteiger partial charge in [-0.3, -0.25) is 4.98 Å². The van der Waals surface area contributed by atoms with E-state index >= 15 is 0 Å². The number of anilines is 2.